The highest BCUT2D eigenvalue weighted by Gasteiger charge is 2.32. The number of hydrogen-bond donors (Lipinski definition) is 1. The van der Waals surface area contributed by atoms with Crippen LogP contribution in [0.3, 0.4) is 0 Å². The van der Waals surface area contributed by atoms with E-state index in [0.29, 0.717) is 39.1 Å². The van der Waals surface area contributed by atoms with Gasteiger partial charge in [-0.05, 0) is 7.05 Å². The maximum Gasteiger partial charge on any atom is 0.401 e. The molecular formula is C10H18F3N3O. The van der Waals surface area contributed by atoms with Crippen LogP contribution in [0.5, 0.6) is 0 Å². The molecule has 0 bridgehead atoms. The molecule has 0 radical (unpaired) electrons. The van der Waals surface area contributed by atoms with Crippen LogP contribution in [0.4, 0.5) is 13.2 Å². The molecule has 0 spiro atoms. The van der Waals surface area contributed by atoms with E-state index >= 15 is 0 Å². The molecule has 17 heavy (non-hydrogen) atoms. The van der Waals surface area contributed by atoms with Gasteiger partial charge in [-0.15, -0.1) is 0 Å². The van der Waals surface area contributed by atoms with Gasteiger partial charge in [0.25, 0.3) is 0 Å². The summed E-state index contributed by atoms with van der Waals surface area (Å²) < 4.78 is 36.4. The van der Waals surface area contributed by atoms with Gasteiger partial charge in [-0.3, -0.25) is 9.69 Å². The van der Waals surface area contributed by atoms with Crippen LogP contribution in [0, 0.1) is 0 Å². The molecule has 1 rings (SSSR count). The first-order valence-corrected chi connectivity index (χ1v) is 5.64. The number of rotatable bonds is 4. The van der Waals surface area contributed by atoms with E-state index in [-0.39, 0.29) is 5.91 Å². The third kappa shape index (κ3) is 5.36. The lowest BCUT2D eigenvalue weighted by atomic mass is 10.2. The lowest BCUT2D eigenvalue weighted by Gasteiger charge is -2.35. The highest BCUT2D eigenvalue weighted by atomic mass is 19.4. The molecule has 1 aliphatic rings. The van der Waals surface area contributed by atoms with Crippen molar-refractivity contribution >= 4 is 5.91 Å². The van der Waals surface area contributed by atoms with Crippen LogP contribution < -0.4 is 5.32 Å². The standard InChI is InChI=1S/C10H18F3N3O/c1-14-3-2-9(17)16-6-4-15(5-7-16)8-10(11,12)13/h14H,2-8H2,1H3. The van der Waals surface area contributed by atoms with E-state index in [1.165, 1.54) is 4.90 Å². The number of alkyl halides is 3. The van der Waals surface area contributed by atoms with Crippen LogP contribution in [0.1, 0.15) is 6.42 Å². The van der Waals surface area contributed by atoms with Gasteiger partial charge in [-0.2, -0.15) is 13.2 Å². The Morgan fingerprint density at radius 2 is 1.82 bits per heavy atom. The molecule has 0 atom stereocenters. The number of nitrogens with one attached hydrogen (secondary N) is 1. The third-order valence-corrected chi connectivity index (χ3v) is 2.72. The summed E-state index contributed by atoms with van der Waals surface area (Å²) in [6, 6.07) is 0. The van der Waals surface area contributed by atoms with Crippen LogP contribution in [-0.2, 0) is 4.79 Å². The zero-order chi connectivity index (χ0) is 12.9. The van der Waals surface area contributed by atoms with Crippen LogP contribution >= 0.6 is 0 Å². The molecule has 1 heterocycles. The zero-order valence-electron chi connectivity index (χ0n) is 9.89. The Labute approximate surface area is 98.7 Å². The average molecular weight is 253 g/mol. The molecule has 1 N–H and O–H groups in total. The monoisotopic (exact) mass is 253 g/mol. The smallest absolute Gasteiger partial charge is 0.340 e. The molecular weight excluding hydrogens is 235 g/mol. The number of carbonyl (C=O) groups excluding carboxylic acids is 1. The highest BCUT2D eigenvalue weighted by molar-refractivity contribution is 5.76. The summed E-state index contributed by atoms with van der Waals surface area (Å²) in [5, 5.41) is 2.87. The number of piperazine rings is 1. The Balaban J connectivity index is 2.28. The molecule has 1 aliphatic heterocycles. The Bertz CT molecular complexity index is 250. The van der Waals surface area contributed by atoms with Gasteiger partial charge in [-0.25, -0.2) is 0 Å². The Kier molecular flexibility index (Phi) is 5.20. The van der Waals surface area contributed by atoms with Crippen LogP contribution in [-0.4, -0.2) is 68.2 Å². The van der Waals surface area contributed by atoms with Gasteiger partial charge in [0.2, 0.25) is 5.91 Å². The average Bonchev–Trinajstić information content (AvgIpc) is 2.24. The summed E-state index contributed by atoms with van der Waals surface area (Å²) >= 11 is 0. The quantitative estimate of drug-likeness (QED) is 0.783. The first-order chi connectivity index (χ1) is 7.92. The minimum absolute atomic E-state index is 0.00556. The number of nitrogens with zero attached hydrogens (tertiary/aromatic N) is 2. The summed E-state index contributed by atoms with van der Waals surface area (Å²) in [7, 11) is 1.76. The number of hydrogen-bond acceptors (Lipinski definition) is 3. The Morgan fingerprint density at radius 3 is 2.29 bits per heavy atom. The number of carbonyl (C=O) groups is 1. The van der Waals surface area contributed by atoms with E-state index in [4.69, 9.17) is 0 Å². The molecule has 0 aromatic carbocycles. The lowest BCUT2D eigenvalue weighted by Crippen LogP contribution is -2.51. The first-order valence-electron chi connectivity index (χ1n) is 5.64. The van der Waals surface area contributed by atoms with E-state index in [2.05, 4.69) is 5.32 Å². The van der Waals surface area contributed by atoms with Crippen molar-refractivity contribution < 1.29 is 18.0 Å². The topological polar surface area (TPSA) is 35.6 Å². The van der Waals surface area contributed by atoms with Crippen molar-refractivity contribution in [2.45, 2.75) is 12.6 Å². The van der Waals surface area contributed by atoms with Gasteiger partial charge in [0.05, 0.1) is 6.54 Å². The summed E-state index contributed by atoms with van der Waals surface area (Å²) in [4.78, 5) is 14.6. The number of halogens is 3. The van der Waals surface area contributed by atoms with E-state index < -0.39 is 12.7 Å². The molecule has 0 aromatic rings. The summed E-state index contributed by atoms with van der Waals surface area (Å²) in [5.41, 5.74) is 0. The highest BCUT2D eigenvalue weighted by Crippen LogP contribution is 2.17. The van der Waals surface area contributed by atoms with E-state index in [9.17, 15) is 18.0 Å². The van der Waals surface area contributed by atoms with Crippen molar-refractivity contribution in [3.05, 3.63) is 0 Å². The van der Waals surface area contributed by atoms with Crippen molar-refractivity contribution in [1.82, 2.24) is 15.1 Å². The first kappa shape index (κ1) is 14.2. The lowest BCUT2D eigenvalue weighted by molar-refractivity contribution is -0.151. The van der Waals surface area contributed by atoms with Gasteiger partial charge < -0.3 is 10.2 Å². The molecule has 1 amide bonds. The van der Waals surface area contributed by atoms with E-state index in [1.54, 1.807) is 11.9 Å². The second-order valence-corrected chi connectivity index (χ2v) is 4.13. The third-order valence-electron chi connectivity index (χ3n) is 2.72. The van der Waals surface area contributed by atoms with Gasteiger partial charge in [0.1, 0.15) is 0 Å². The molecule has 0 aliphatic carbocycles. The Morgan fingerprint density at radius 1 is 1.24 bits per heavy atom. The fraction of sp³-hybridized carbons (Fsp3) is 0.900. The number of amides is 1. The summed E-state index contributed by atoms with van der Waals surface area (Å²) in [6.45, 7) is 1.08. The largest absolute Gasteiger partial charge is 0.401 e. The maximum absolute atomic E-state index is 12.1. The molecule has 0 unspecified atom stereocenters. The predicted molar refractivity (Wildman–Crippen MR) is 57.6 cm³/mol. The SMILES string of the molecule is CNCCC(=O)N1CCN(CC(F)(F)F)CC1. The van der Waals surface area contributed by atoms with E-state index in [0.717, 1.165) is 0 Å². The maximum atomic E-state index is 12.1. The van der Waals surface area contributed by atoms with E-state index in [1.807, 2.05) is 0 Å². The molecule has 7 heteroatoms. The molecule has 1 fully saturated rings. The van der Waals surface area contributed by atoms with Gasteiger partial charge in [-0.1, -0.05) is 0 Å². The van der Waals surface area contributed by atoms with Crippen molar-refractivity contribution in [3.63, 3.8) is 0 Å². The van der Waals surface area contributed by atoms with Crippen LogP contribution in [0.25, 0.3) is 0 Å². The minimum Gasteiger partial charge on any atom is -0.340 e. The van der Waals surface area contributed by atoms with Crippen LogP contribution in [0.2, 0.25) is 0 Å². The fourth-order valence-corrected chi connectivity index (χ4v) is 1.80. The Hall–Kier alpha value is -0.820. The van der Waals surface area contributed by atoms with Gasteiger partial charge >= 0.3 is 6.18 Å². The molecule has 1 saturated heterocycles. The van der Waals surface area contributed by atoms with Crippen molar-refractivity contribution in [3.8, 4) is 0 Å². The fourth-order valence-electron chi connectivity index (χ4n) is 1.80. The van der Waals surface area contributed by atoms with Crippen molar-refractivity contribution in [1.29, 1.82) is 0 Å². The summed E-state index contributed by atoms with van der Waals surface area (Å²) in [6.07, 6.45) is -3.76. The molecule has 0 aromatic heterocycles. The predicted octanol–water partition coefficient (Wildman–Crippen LogP) is 0.302. The second kappa shape index (κ2) is 6.20. The summed E-state index contributed by atoms with van der Waals surface area (Å²) in [5.74, 6) is 0.00556. The van der Waals surface area contributed by atoms with Gasteiger partial charge in [0, 0.05) is 39.1 Å². The molecule has 0 saturated carbocycles. The normalized spacial score (nSPS) is 18.5. The van der Waals surface area contributed by atoms with Crippen LogP contribution in [0.15, 0.2) is 0 Å². The minimum atomic E-state index is -4.15. The van der Waals surface area contributed by atoms with Gasteiger partial charge in [0.15, 0.2) is 0 Å². The molecule has 4 nitrogen and oxygen atoms in total. The zero-order valence-corrected chi connectivity index (χ0v) is 9.89. The molecule has 100 valence electrons. The van der Waals surface area contributed by atoms with Crippen molar-refractivity contribution in [2.75, 3.05) is 46.3 Å². The second-order valence-electron chi connectivity index (χ2n) is 4.13. The van der Waals surface area contributed by atoms with Crippen molar-refractivity contribution in [2.24, 2.45) is 0 Å².